The molecule has 3 saturated heterocycles. The highest BCUT2D eigenvalue weighted by molar-refractivity contribution is 5.76. The minimum atomic E-state index is -1.98. The maximum Gasteiger partial charge on any atom is 0.220 e. The lowest BCUT2D eigenvalue weighted by Gasteiger charge is -2.48. The van der Waals surface area contributed by atoms with Crippen molar-refractivity contribution in [2.45, 2.75) is 484 Å². The van der Waals surface area contributed by atoms with Crippen LogP contribution in [0, 0.1) is 0 Å². The normalized spacial score (nSPS) is 25.4. The first-order valence-electron chi connectivity index (χ1n) is 45.5. The Labute approximate surface area is 668 Å². The van der Waals surface area contributed by atoms with E-state index in [1.165, 1.54) is 295 Å². The van der Waals surface area contributed by atoms with E-state index in [9.17, 15) is 61.0 Å². The SMILES string of the molecule is CCCCCCC/C=C\C/C=C\CCCCCCCCCCCCCCCCCCCCCCCCCCCCCCCC(=O)NC(COC1OC(CO)C(OC2OC(CO)C(OC3OC(CO)C(O)C(O)C3O)C(O)C2O)C(O)C1O)C(O)/C=C/CC/C=C/CC/C=C/CCCCCCCCCCCCCCCC. The van der Waals surface area contributed by atoms with Crippen LogP contribution in [0.25, 0.3) is 0 Å². The van der Waals surface area contributed by atoms with Crippen LogP contribution >= 0.6 is 0 Å². The van der Waals surface area contributed by atoms with E-state index < -0.39 is 124 Å². The number of rotatable bonds is 74. The number of allylic oxidation sites excluding steroid dienone is 9. The first kappa shape index (κ1) is 102. The summed E-state index contributed by atoms with van der Waals surface area (Å²) in [5.41, 5.74) is 0. The van der Waals surface area contributed by atoms with Gasteiger partial charge in [-0.05, 0) is 77.0 Å². The number of amides is 1. The number of ether oxygens (including phenoxy) is 6. The Hall–Kier alpha value is -2.51. The average molecular weight is 1560 g/mol. The van der Waals surface area contributed by atoms with Crippen molar-refractivity contribution in [3.8, 4) is 0 Å². The van der Waals surface area contributed by atoms with E-state index >= 15 is 0 Å². The Morgan fingerprint density at radius 3 is 0.964 bits per heavy atom. The molecular formula is C91H167NO18. The summed E-state index contributed by atoms with van der Waals surface area (Å²) in [5.74, 6) is -0.283. The fourth-order valence-corrected chi connectivity index (χ4v) is 15.3. The Kier molecular flexibility index (Phi) is 65.3. The van der Waals surface area contributed by atoms with Crippen LogP contribution in [-0.2, 0) is 33.2 Å². The van der Waals surface area contributed by atoms with Gasteiger partial charge in [0.1, 0.15) is 73.2 Å². The number of carbonyl (C=O) groups is 1. The molecule has 3 rings (SSSR count). The molecule has 3 fully saturated rings. The second kappa shape index (κ2) is 70.7. The Balaban J connectivity index is 1.30. The molecule has 3 heterocycles. The Morgan fingerprint density at radius 2 is 0.609 bits per heavy atom. The maximum absolute atomic E-state index is 13.5. The first-order chi connectivity index (χ1) is 53.8. The van der Waals surface area contributed by atoms with E-state index in [0.717, 1.165) is 51.4 Å². The smallest absolute Gasteiger partial charge is 0.220 e. The first-order valence-corrected chi connectivity index (χ1v) is 45.5. The van der Waals surface area contributed by atoms with E-state index in [-0.39, 0.29) is 18.9 Å². The quantitative estimate of drug-likeness (QED) is 0.0199. The Morgan fingerprint density at radius 1 is 0.327 bits per heavy atom. The Bertz CT molecular complexity index is 2220. The van der Waals surface area contributed by atoms with Gasteiger partial charge in [-0.1, -0.05) is 357 Å². The van der Waals surface area contributed by atoms with Crippen LogP contribution in [0.3, 0.4) is 0 Å². The highest BCUT2D eigenvalue weighted by atomic mass is 16.8. The number of unbranched alkanes of at least 4 members (excludes halogenated alkanes) is 50. The van der Waals surface area contributed by atoms with E-state index in [1.807, 2.05) is 6.08 Å². The number of aliphatic hydroxyl groups excluding tert-OH is 11. The summed E-state index contributed by atoms with van der Waals surface area (Å²) in [6.45, 7) is 1.75. The highest BCUT2D eigenvalue weighted by Gasteiger charge is 2.54. The largest absolute Gasteiger partial charge is 0.394 e. The van der Waals surface area contributed by atoms with Crippen molar-refractivity contribution in [1.29, 1.82) is 0 Å². The van der Waals surface area contributed by atoms with Crippen LogP contribution in [-0.4, -0.2) is 193 Å². The minimum Gasteiger partial charge on any atom is -0.394 e. The fourth-order valence-electron chi connectivity index (χ4n) is 15.3. The van der Waals surface area contributed by atoms with Crippen molar-refractivity contribution in [2.24, 2.45) is 0 Å². The van der Waals surface area contributed by atoms with Crippen molar-refractivity contribution < 1.29 is 89.4 Å². The van der Waals surface area contributed by atoms with Crippen LogP contribution in [0.15, 0.2) is 60.8 Å². The molecule has 19 nitrogen and oxygen atoms in total. The second-order valence-electron chi connectivity index (χ2n) is 32.4. The summed E-state index contributed by atoms with van der Waals surface area (Å²) in [6, 6.07) is -0.998. The van der Waals surface area contributed by atoms with Crippen molar-refractivity contribution >= 4 is 5.91 Å². The third-order valence-corrected chi connectivity index (χ3v) is 22.5. The number of hydrogen-bond donors (Lipinski definition) is 12. The molecule has 0 aliphatic carbocycles. The molecule has 644 valence electrons. The zero-order valence-corrected chi connectivity index (χ0v) is 69.5. The molecule has 0 saturated carbocycles. The van der Waals surface area contributed by atoms with Gasteiger partial charge in [0.25, 0.3) is 0 Å². The van der Waals surface area contributed by atoms with E-state index in [2.05, 4.69) is 67.8 Å². The summed E-state index contributed by atoms with van der Waals surface area (Å²) in [4.78, 5) is 13.5. The van der Waals surface area contributed by atoms with Crippen LogP contribution in [0.2, 0.25) is 0 Å². The van der Waals surface area contributed by atoms with Gasteiger partial charge in [-0.25, -0.2) is 0 Å². The summed E-state index contributed by atoms with van der Waals surface area (Å²) in [5, 5.41) is 121. The summed E-state index contributed by atoms with van der Waals surface area (Å²) >= 11 is 0. The molecule has 0 aromatic carbocycles. The van der Waals surface area contributed by atoms with Gasteiger partial charge < -0.3 is 89.9 Å². The van der Waals surface area contributed by atoms with Gasteiger partial charge >= 0.3 is 0 Å². The molecule has 3 aliphatic heterocycles. The lowest BCUT2D eigenvalue weighted by molar-refractivity contribution is -0.379. The number of carbonyl (C=O) groups excluding carboxylic acids is 1. The summed E-state index contributed by atoms with van der Waals surface area (Å²) < 4.78 is 34.5. The predicted molar refractivity (Wildman–Crippen MR) is 443 cm³/mol. The molecule has 0 radical (unpaired) electrons. The zero-order valence-electron chi connectivity index (χ0n) is 69.5. The molecule has 12 N–H and O–H groups in total. The standard InChI is InChI=1S/C91H167NO18/c1-3-5-7-9-11-13-15-17-19-21-23-25-27-29-30-31-32-33-34-35-36-37-38-39-40-41-42-43-44-45-47-49-51-53-55-57-59-61-63-65-67-69-79(97)92-74(75(96)68-66-64-62-60-58-56-54-52-50-48-46-28-26-24-22-20-18-16-14-12-10-8-6-4-2)73-105-89-85(103)82(100)87(77(71-94)107-89)110-91-86(104)83(101)88(78(72-95)108-91)109-90-84(102)81(99)80(98)76(70-93)106-90/h15,17,21,23,50,52,58,60,66,68,74-78,80-91,93-96,98-104H,3-14,16,18-20,22,24-49,51,53-57,59,61-65,67,69-73H2,1-2H3,(H,92,97)/b17-15-,23-21-,52-50+,60-58+,68-66+. The van der Waals surface area contributed by atoms with Gasteiger partial charge in [-0.3, -0.25) is 4.79 Å². The van der Waals surface area contributed by atoms with Gasteiger partial charge in [0.05, 0.1) is 38.6 Å². The summed E-state index contributed by atoms with van der Waals surface area (Å²) in [6.07, 6.45) is 66.8. The zero-order chi connectivity index (χ0) is 79.5. The molecule has 0 spiro atoms. The monoisotopic (exact) mass is 1560 g/mol. The number of nitrogens with one attached hydrogen (secondary N) is 1. The highest BCUT2D eigenvalue weighted by Crippen LogP contribution is 2.34. The fraction of sp³-hybridized carbons (Fsp3) is 0.879. The molecule has 0 bridgehead atoms. The van der Waals surface area contributed by atoms with Gasteiger partial charge in [0.2, 0.25) is 5.91 Å². The van der Waals surface area contributed by atoms with Crippen LogP contribution in [0.4, 0.5) is 0 Å². The van der Waals surface area contributed by atoms with Crippen molar-refractivity contribution in [3.63, 3.8) is 0 Å². The van der Waals surface area contributed by atoms with Gasteiger partial charge in [-0.2, -0.15) is 0 Å². The van der Waals surface area contributed by atoms with Gasteiger partial charge in [0.15, 0.2) is 18.9 Å². The average Bonchev–Trinajstić information content (AvgIpc) is 0.782. The molecule has 1 amide bonds. The van der Waals surface area contributed by atoms with Gasteiger partial charge in [0, 0.05) is 6.42 Å². The molecule has 0 aromatic heterocycles. The van der Waals surface area contributed by atoms with Gasteiger partial charge in [-0.15, -0.1) is 0 Å². The minimum absolute atomic E-state index is 0.235. The van der Waals surface area contributed by atoms with Crippen LogP contribution in [0.5, 0.6) is 0 Å². The third-order valence-electron chi connectivity index (χ3n) is 22.5. The van der Waals surface area contributed by atoms with Crippen LogP contribution in [0.1, 0.15) is 380 Å². The third kappa shape index (κ3) is 48.9. The number of aliphatic hydroxyl groups is 11. The molecule has 110 heavy (non-hydrogen) atoms. The van der Waals surface area contributed by atoms with Crippen molar-refractivity contribution in [1.82, 2.24) is 5.32 Å². The van der Waals surface area contributed by atoms with E-state index in [4.69, 9.17) is 28.4 Å². The van der Waals surface area contributed by atoms with E-state index in [1.54, 1.807) is 6.08 Å². The molecule has 17 unspecified atom stereocenters. The van der Waals surface area contributed by atoms with E-state index in [0.29, 0.717) is 12.8 Å². The lowest BCUT2D eigenvalue weighted by Crippen LogP contribution is -2.66. The lowest BCUT2D eigenvalue weighted by atomic mass is 9.96. The molecule has 0 aromatic rings. The topological polar surface area (TPSA) is 307 Å². The second-order valence-corrected chi connectivity index (χ2v) is 32.4. The molecule has 17 atom stereocenters. The predicted octanol–water partition coefficient (Wildman–Crippen LogP) is 17.4. The van der Waals surface area contributed by atoms with Crippen molar-refractivity contribution in [3.05, 3.63) is 60.8 Å². The number of hydrogen-bond acceptors (Lipinski definition) is 18. The molecule has 3 aliphatic rings. The molecule has 19 heteroatoms. The maximum atomic E-state index is 13.5. The van der Waals surface area contributed by atoms with Crippen LogP contribution < -0.4 is 5.32 Å². The summed E-state index contributed by atoms with van der Waals surface area (Å²) in [7, 11) is 0. The molecular weight excluding hydrogens is 1390 g/mol. The van der Waals surface area contributed by atoms with Crippen molar-refractivity contribution in [2.75, 3.05) is 26.4 Å².